The number of carbonyl (C=O) groups is 1. The van der Waals surface area contributed by atoms with E-state index in [-0.39, 0.29) is 5.91 Å². The van der Waals surface area contributed by atoms with Crippen LogP contribution in [0.3, 0.4) is 0 Å². The molecule has 0 atom stereocenters. The molecule has 1 fully saturated rings. The zero-order chi connectivity index (χ0) is 18.9. The predicted molar refractivity (Wildman–Crippen MR) is 104 cm³/mol. The van der Waals surface area contributed by atoms with Crippen molar-refractivity contribution in [2.45, 2.75) is 32.4 Å². The quantitative estimate of drug-likeness (QED) is 0.695. The highest BCUT2D eigenvalue weighted by atomic mass is 16.5. The fourth-order valence-corrected chi connectivity index (χ4v) is 3.23. The largest absolute Gasteiger partial charge is 0.489 e. The highest BCUT2D eigenvalue weighted by Crippen LogP contribution is 2.17. The molecule has 1 heterocycles. The molecule has 140 valence electrons. The van der Waals surface area contributed by atoms with Crippen LogP contribution in [0.5, 0.6) is 5.75 Å². The van der Waals surface area contributed by atoms with Crippen molar-refractivity contribution in [3.05, 3.63) is 65.2 Å². The van der Waals surface area contributed by atoms with Gasteiger partial charge in [-0.25, -0.2) is 0 Å². The number of amides is 1. The molecule has 0 bridgehead atoms. The van der Waals surface area contributed by atoms with Crippen molar-refractivity contribution in [1.82, 2.24) is 10.2 Å². The zero-order valence-corrected chi connectivity index (χ0v) is 15.5. The Balaban J connectivity index is 1.42. The van der Waals surface area contributed by atoms with Gasteiger partial charge in [0.15, 0.2) is 0 Å². The van der Waals surface area contributed by atoms with Gasteiger partial charge in [0.05, 0.1) is 11.6 Å². The van der Waals surface area contributed by atoms with Crippen LogP contribution in [0.4, 0.5) is 0 Å². The van der Waals surface area contributed by atoms with Crippen LogP contribution < -0.4 is 10.1 Å². The summed E-state index contributed by atoms with van der Waals surface area (Å²) in [5, 5.41) is 12.6. The first-order valence-electron chi connectivity index (χ1n) is 9.44. The lowest BCUT2D eigenvalue weighted by molar-refractivity contribution is -0.127. The van der Waals surface area contributed by atoms with Gasteiger partial charge in [-0.15, -0.1) is 0 Å². The number of carbonyl (C=O) groups excluding carboxylic acids is 1. The number of nitrogens with one attached hydrogen (secondary N) is 1. The van der Waals surface area contributed by atoms with E-state index in [1.807, 2.05) is 41.3 Å². The van der Waals surface area contributed by atoms with Crippen LogP contribution in [-0.4, -0.2) is 30.4 Å². The molecule has 1 aliphatic rings. The average molecular weight is 363 g/mol. The molecule has 5 nitrogen and oxygen atoms in total. The van der Waals surface area contributed by atoms with Crippen molar-refractivity contribution in [3.8, 4) is 11.8 Å². The molecule has 2 aromatic carbocycles. The summed E-state index contributed by atoms with van der Waals surface area (Å²) in [4.78, 5) is 13.5. The second-order valence-electron chi connectivity index (χ2n) is 6.72. The Morgan fingerprint density at radius 3 is 2.89 bits per heavy atom. The van der Waals surface area contributed by atoms with Gasteiger partial charge in [0.25, 0.3) is 0 Å². The molecular weight excluding hydrogens is 338 g/mol. The Bertz CT molecular complexity index is 813. The minimum absolute atomic E-state index is 0.290. The van der Waals surface area contributed by atoms with E-state index >= 15 is 0 Å². The van der Waals surface area contributed by atoms with E-state index in [4.69, 9.17) is 10.00 Å². The van der Waals surface area contributed by atoms with Gasteiger partial charge in [-0.2, -0.15) is 5.26 Å². The standard InChI is InChI=1S/C22H25N3O2/c23-15-19-7-1-2-8-20(19)17-27-21-9-3-6-18(14-21)16-24-11-5-13-25-12-4-10-22(25)26/h1-3,6-9,14,24H,4-5,10-13,16-17H2. The first-order valence-corrected chi connectivity index (χ1v) is 9.44. The normalized spacial score (nSPS) is 13.6. The third-order valence-electron chi connectivity index (χ3n) is 4.71. The van der Waals surface area contributed by atoms with E-state index in [0.717, 1.165) is 55.9 Å². The highest BCUT2D eigenvalue weighted by Gasteiger charge is 2.18. The molecular formula is C22H25N3O2. The van der Waals surface area contributed by atoms with Gasteiger partial charge in [0, 0.05) is 31.6 Å². The number of hydrogen-bond acceptors (Lipinski definition) is 4. The van der Waals surface area contributed by atoms with Crippen molar-refractivity contribution in [2.75, 3.05) is 19.6 Å². The fraction of sp³-hybridized carbons (Fsp3) is 0.364. The zero-order valence-electron chi connectivity index (χ0n) is 15.5. The molecule has 1 saturated heterocycles. The molecule has 0 aromatic heterocycles. The van der Waals surface area contributed by atoms with Gasteiger partial charge in [-0.05, 0) is 43.1 Å². The molecule has 1 amide bonds. The Morgan fingerprint density at radius 1 is 1.19 bits per heavy atom. The molecule has 1 aliphatic heterocycles. The van der Waals surface area contributed by atoms with Crippen molar-refractivity contribution in [2.24, 2.45) is 0 Å². The third kappa shape index (κ3) is 5.57. The van der Waals surface area contributed by atoms with Crippen LogP contribution in [0.15, 0.2) is 48.5 Å². The van der Waals surface area contributed by atoms with Gasteiger partial charge in [-0.3, -0.25) is 4.79 Å². The smallest absolute Gasteiger partial charge is 0.222 e. The van der Waals surface area contributed by atoms with E-state index in [1.54, 1.807) is 6.07 Å². The van der Waals surface area contributed by atoms with Crippen LogP contribution in [0, 0.1) is 11.3 Å². The van der Waals surface area contributed by atoms with E-state index in [2.05, 4.69) is 17.5 Å². The Morgan fingerprint density at radius 2 is 2.07 bits per heavy atom. The number of rotatable bonds is 9. The molecule has 5 heteroatoms. The molecule has 0 radical (unpaired) electrons. The van der Waals surface area contributed by atoms with Crippen LogP contribution in [0.1, 0.15) is 36.0 Å². The van der Waals surface area contributed by atoms with Gasteiger partial charge < -0.3 is 15.0 Å². The van der Waals surface area contributed by atoms with Crippen LogP contribution in [-0.2, 0) is 17.9 Å². The number of hydrogen-bond donors (Lipinski definition) is 1. The van der Waals surface area contributed by atoms with Gasteiger partial charge in [-0.1, -0.05) is 30.3 Å². The van der Waals surface area contributed by atoms with Gasteiger partial charge in [0.2, 0.25) is 5.91 Å². The summed E-state index contributed by atoms with van der Waals surface area (Å²) >= 11 is 0. The number of likely N-dealkylation sites (tertiary alicyclic amines) is 1. The minimum atomic E-state index is 0.290. The number of nitrogens with zero attached hydrogens (tertiary/aromatic N) is 2. The molecule has 0 unspecified atom stereocenters. The summed E-state index contributed by atoms with van der Waals surface area (Å²) in [7, 11) is 0. The number of benzene rings is 2. The van der Waals surface area contributed by atoms with Crippen molar-refractivity contribution in [3.63, 3.8) is 0 Å². The number of ether oxygens (including phenoxy) is 1. The van der Waals surface area contributed by atoms with Crippen molar-refractivity contribution in [1.29, 1.82) is 5.26 Å². The molecule has 27 heavy (non-hydrogen) atoms. The summed E-state index contributed by atoms with van der Waals surface area (Å²) in [6.45, 7) is 3.77. The van der Waals surface area contributed by atoms with E-state index < -0.39 is 0 Å². The summed E-state index contributed by atoms with van der Waals surface area (Å²) in [6, 6.07) is 17.7. The summed E-state index contributed by atoms with van der Waals surface area (Å²) in [5.74, 6) is 1.09. The van der Waals surface area contributed by atoms with Crippen LogP contribution in [0.25, 0.3) is 0 Å². The van der Waals surface area contributed by atoms with E-state index in [1.165, 1.54) is 0 Å². The van der Waals surface area contributed by atoms with Crippen LogP contribution in [0.2, 0.25) is 0 Å². The SMILES string of the molecule is N#Cc1ccccc1COc1cccc(CNCCCN2CCCC2=O)c1. The molecule has 1 N–H and O–H groups in total. The summed E-state index contributed by atoms with van der Waals surface area (Å²) in [5.41, 5.74) is 2.69. The Hall–Kier alpha value is -2.84. The van der Waals surface area contributed by atoms with Crippen LogP contribution >= 0.6 is 0 Å². The molecule has 0 saturated carbocycles. The first-order chi connectivity index (χ1) is 13.3. The molecule has 2 aromatic rings. The second-order valence-corrected chi connectivity index (χ2v) is 6.72. The maximum atomic E-state index is 11.6. The lowest BCUT2D eigenvalue weighted by atomic mass is 10.1. The van der Waals surface area contributed by atoms with Crippen molar-refractivity contribution >= 4 is 5.91 Å². The highest BCUT2D eigenvalue weighted by molar-refractivity contribution is 5.77. The van der Waals surface area contributed by atoms with E-state index in [9.17, 15) is 4.79 Å². The monoisotopic (exact) mass is 363 g/mol. The molecule has 0 aliphatic carbocycles. The van der Waals surface area contributed by atoms with Crippen molar-refractivity contribution < 1.29 is 9.53 Å². The fourth-order valence-electron chi connectivity index (χ4n) is 3.23. The topological polar surface area (TPSA) is 65.4 Å². The summed E-state index contributed by atoms with van der Waals surface area (Å²) < 4.78 is 5.86. The third-order valence-corrected chi connectivity index (χ3v) is 4.71. The Kier molecular flexibility index (Phi) is 6.84. The lowest BCUT2D eigenvalue weighted by Gasteiger charge is -2.15. The predicted octanol–water partition coefficient (Wildman–Crippen LogP) is 3.24. The first kappa shape index (κ1) is 18.9. The van der Waals surface area contributed by atoms with E-state index in [0.29, 0.717) is 18.6 Å². The maximum absolute atomic E-state index is 11.6. The second kappa shape index (κ2) is 9.75. The maximum Gasteiger partial charge on any atom is 0.222 e. The molecule has 0 spiro atoms. The number of nitriles is 1. The van der Waals surface area contributed by atoms with Gasteiger partial charge >= 0.3 is 0 Å². The lowest BCUT2D eigenvalue weighted by Crippen LogP contribution is -2.28. The molecule has 3 rings (SSSR count). The summed E-state index contributed by atoms with van der Waals surface area (Å²) in [6.07, 6.45) is 2.67. The Labute approximate surface area is 160 Å². The minimum Gasteiger partial charge on any atom is -0.489 e. The van der Waals surface area contributed by atoms with Gasteiger partial charge in [0.1, 0.15) is 12.4 Å². The average Bonchev–Trinajstić information content (AvgIpc) is 3.11.